The van der Waals surface area contributed by atoms with Gasteiger partial charge in [-0.25, -0.2) is 4.79 Å². The normalized spacial score (nSPS) is 25.2. The number of aliphatic hydroxyl groups is 1. The third-order valence-corrected chi connectivity index (χ3v) is 3.02. The first kappa shape index (κ1) is 15.4. The van der Waals surface area contributed by atoms with Crippen LogP contribution < -0.4 is 11.4 Å². The highest BCUT2D eigenvalue weighted by Gasteiger charge is 2.37. The average molecular weight is 298 g/mol. The number of carbonyl (C=O) groups excluding carboxylic acids is 1. The predicted molar refractivity (Wildman–Crippen MR) is 71.0 cm³/mol. The van der Waals surface area contributed by atoms with Gasteiger partial charge in [0.05, 0.1) is 18.2 Å². The van der Waals surface area contributed by atoms with E-state index in [1.165, 1.54) is 6.20 Å². The molecule has 116 valence electrons. The number of rotatable bonds is 4. The first-order valence-electron chi connectivity index (χ1n) is 6.60. The van der Waals surface area contributed by atoms with Gasteiger partial charge in [-0.2, -0.15) is 14.8 Å². The Morgan fingerprint density at radius 2 is 2.38 bits per heavy atom. The molecular formula is C12H18N4O5. The summed E-state index contributed by atoms with van der Waals surface area (Å²) in [5.74, 6) is -0.593. The second-order valence-electron chi connectivity index (χ2n) is 5.14. The summed E-state index contributed by atoms with van der Waals surface area (Å²) in [5, 5.41) is 13.7. The molecule has 1 aliphatic heterocycles. The quantitative estimate of drug-likeness (QED) is 0.682. The van der Waals surface area contributed by atoms with Crippen LogP contribution in [0, 0.1) is 5.92 Å². The lowest BCUT2D eigenvalue weighted by molar-refractivity contribution is -0.152. The molecule has 9 nitrogen and oxygen atoms in total. The molecule has 0 bridgehead atoms. The highest BCUT2D eigenvalue weighted by Crippen LogP contribution is 2.27. The Morgan fingerprint density at radius 3 is 3.00 bits per heavy atom. The van der Waals surface area contributed by atoms with Gasteiger partial charge in [0, 0.05) is 6.42 Å². The zero-order chi connectivity index (χ0) is 15.6. The highest BCUT2D eigenvalue weighted by molar-refractivity contribution is 5.71. The van der Waals surface area contributed by atoms with E-state index in [1.807, 2.05) is 0 Å². The number of esters is 1. The zero-order valence-electron chi connectivity index (χ0n) is 11.8. The number of hydrogen-bond donors (Lipinski definition) is 2. The Balaban J connectivity index is 2.01. The van der Waals surface area contributed by atoms with Crippen molar-refractivity contribution in [2.75, 3.05) is 12.3 Å². The number of aromatic nitrogens is 3. The average Bonchev–Trinajstić information content (AvgIpc) is 2.77. The summed E-state index contributed by atoms with van der Waals surface area (Å²) in [6.45, 7) is 3.46. The van der Waals surface area contributed by atoms with Crippen LogP contribution in [0.1, 0.15) is 26.5 Å². The smallest absolute Gasteiger partial charge is 0.368 e. The Bertz CT molecular complexity index is 573. The van der Waals surface area contributed by atoms with Crippen molar-refractivity contribution in [2.45, 2.75) is 38.7 Å². The lowest BCUT2D eigenvalue weighted by atomic mass is 10.2. The van der Waals surface area contributed by atoms with Crippen molar-refractivity contribution >= 4 is 11.8 Å². The minimum Gasteiger partial charge on any atom is -0.463 e. The van der Waals surface area contributed by atoms with Gasteiger partial charge in [-0.05, 0) is 0 Å². The van der Waals surface area contributed by atoms with Gasteiger partial charge in [0.15, 0.2) is 6.23 Å². The van der Waals surface area contributed by atoms with Crippen LogP contribution in [0.4, 0.5) is 5.82 Å². The third-order valence-electron chi connectivity index (χ3n) is 3.02. The highest BCUT2D eigenvalue weighted by atomic mass is 16.6. The molecule has 3 N–H and O–H groups in total. The largest absolute Gasteiger partial charge is 0.463 e. The van der Waals surface area contributed by atoms with E-state index in [9.17, 15) is 14.7 Å². The minimum absolute atomic E-state index is 0.00819. The van der Waals surface area contributed by atoms with Gasteiger partial charge < -0.3 is 20.3 Å². The molecule has 2 heterocycles. The van der Waals surface area contributed by atoms with Gasteiger partial charge in [0.1, 0.15) is 18.5 Å². The Morgan fingerprint density at radius 1 is 1.67 bits per heavy atom. The maximum absolute atomic E-state index is 11.7. The van der Waals surface area contributed by atoms with Crippen LogP contribution in [0.5, 0.6) is 0 Å². The summed E-state index contributed by atoms with van der Waals surface area (Å²) >= 11 is 0. The van der Waals surface area contributed by atoms with E-state index in [2.05, 4.69) is 10.1 Å². The topological polar surface area (TPSA) is 130 Å². The van der Waals surface area contributed by atoms with Crippen molar-refractivity contribution in [3.63, 3.8) is 0 Å². The summed E-state index contributed by atoms with van der Waals surface area (Å²) in [6.07, 6.45) is -0.978. The van der Waals surface area contributed by atoms with Crippen molar-refractivity contribution in [3.8, 4) is 0 Å². The van der Waals surface area contributed by atoms with Crippen LogP contribution in [0.25, 0.3) is 0 Å². The number of hydrogen-bond acceptors (Lipinski definition) is 8. The molecule has 1 aromatic rings. The van der Waals surface area contributed by atoms with E-state index >= 15 is 0 Å². The number of ether oxygens (including phenoxy) is 2. The van der Waals surface area contributed by atoms with Crippen molar-refractivity contribution < 1.29 is 19.4 Å². The van der Waals surface area contributed by atoms with Crippen LogP contribution in [-0.2, 0) is 14.3 Å². The second kappa shape index (κ2) is 6.19. The molecule has 2 rings (SSSR count). The van der Waals surface area contributed by atoms with Crippen LogP contribution in [0.15, 0.2) is 11.0 Å². The van der Waals surface area contributed by atoms with Crippen molar-refractivity contribution in [2.24, 2.45) is 5.92 Å². The van der Waals surface area contributed by atoms with Gasteiger partial charge in [0.25, 0.3) is 0 Å². The molecule has 1 fully saturated rings. The molecule has 3 atom stereocenters. The van der Waals surface area contributed by atoms with E-state index in [4.69, 9.17) is 15.2 Å². The lowest BCUT2D eigenvalue weighted by Crippen LogP contribution is -2.34. The van der Waals surface area contributed by atoms with Crippen LogP contribution in [-0.4, -0.2) is 44.7 Å². The van der Waals surface area contributed by atoms with E-state index in [-0.39, 0.29) is 30.7 Å². The van der Waals surface area contributed by atoms with E-state index in [1.54, 1.807) is 13.8 Å². The third kappa shape index (κ3) is 3.56. The molecular weight excluding hydrogens is 280 g/mol. The van der Waals surface area contributed by atoms with Crippen LogP contribution >= 0.6 is 0 Å². The second-order valence-corrected chi connectivity index (χ2v) is 5.14. The molecule has 0 amide bonds. The first-order chi connectivity index (χ1) is 9.88. The number of anilines is 1. The van der Waals surface area contributed by atoms with E-state index < -0.39 is 24.1 Å². The summed E-state index contributed by atoms with van der Waals surface area (Å²) in [6, 6.07) is 0. The maximum Gasteiger partial charge on any atom is 0.368 e. The fourth-order valence-corrected chi connectivity index (χ4v) is 1.93. The van der Waals surface area contributed by atoms with E-state index in [0.717, 1.165) is 4.68 Å². The Labute approximate surface area is 120 Å². The molecule has 1 aliphatic rings. The number of aliphatic hydroxyl groups excluding tert-OH is 1. The summed E-state index contributed by atoms with van der Waals surface area (Å²) in [4.78, 5) is 26.6. The fourth-order valence-electron chi connectivity index (χ4n) is 1.93. The standard InChI is InChI=1S/C12H18N4O5/c1-6(2)11(18)20-5-7-3-8(17)10(21-7)16-12(19)15-9(13)4-14-16/h4,6-8,10,17H,3,5H2,1-2H3,(H2,13,15,19)/t7-,8-,10+/m0/s1. The fraction of sp³-hybridized carbons (Fsp3) is 0.667. The van der Waals surface area contributed by atoms with Gasteiger partial charge in [-0.3, -0.25) is 4.79 Å². The zero-order valence-corrected chi connectivity index (χ0v) is 11.8. The van der Waals surface area contributed by atoms with Crippen LogP contribution in [0.3, 0.4) is 0 Å². The summed E-state index contributed by atoms with van der Waals surface area (Å²) in [7, 11) is 0. The summed E-state index contributed by atoms with van der Waals surface area (Å²) < 4.78 is 11.5. The Kier molecular flexibility index (Phi) is 4.53. The molecule has 0 aliphatic carbocycles. The number of nitrogen functional groups attached to an aromatic ring is 1. The van der Waals surface area contributed by atoms with Gasteiger partial charge in [-0.15, -0.1) is 0 Å². The van der Waals surface area contributed by atoms with Crippen molar-refractivity contribution in [1.82, 2.24) is 14.8 Å². The molecule has 0 aromatic carbocycles. The van der Waals surface area contributed by atoms with Gasteiger partial charge in [0.2, 0.25) is 0 Å². The number of carbonyl (C=O) groups is 1. The van der Waals surface area contributed by atoms with Crippen molar-refractivity contribution in [1.29, 1.82) is 0 Å². The predicted octanol–water partition coefficient (Wildman–Crippen LogP) is -0.932. The SMILES string of the molecule is CC(C)C(=O)OC[C@@H]1C[C@H](O)[C@H](n2ncc(N)nc2=O)O1. The molecule has 9 heteroatoms. The molecule has 1 saturated heterocycles. The first-order valence-corrected chi connectivity index (χ1v) is 6.60. The molecule has 21 heavy (non-hydrogen) atoms. The molecule has 1 aromatic heterocycles. The molecule has 0 spiro atoms. The number of nitrogens with two attached hydrogens (primary N) is 1. The number of nitrogens with zero attached hydrogens (tertiary/aromatic N) is 3. The van der Waals surface area contributed by atoms with Gasteiger partial charge >= 0.3 is 11.7 Å². The Hall–Kier alpha value is -2.00. The lowest BCUT2D eigenvalue weighted by Gasteiger charge is -2.16. The monoisotopic (exact) mass is 298 g/mol. The van der Waals surface area contributed by atoms with E-state index in [0.29, 0.717) is 0 Å². The molecule has 0 saturated carbocycles. The van der Waals surface area contributed by atoms with Crippen LogP contribution in [0.2, 0.25) is 0 Å². The summed E-state index contributed by atoms with van der Waals surface area (Å²) in [5.41, 5.74) is 4.64. The van der Waals surface area contributed by atoms with Gasteiger partial charge in [-0.1, -0.05) is 13.8 Å². The van der Waals surface area contributed by atoms with Crippen molar-refractivity contribution in [3.05, 3.63) is 16.7 Å². The minimum atomic E-state index is -0.964. The maximum atomic E-state index is 11.7. The molecule has 0 unspecified atom stereocenters. The molecule has 0 radical (unpaired) electrons.